The van der Waals surface area contributed by atoms with E-state index in [1.165, 1.54) is 6.92 Å². The molecule has 0 aliphatic heterocycles. The first-order valence-corrected chi connectivity index (χ1v) is 4.15. The zero-order valence-electron chi connectivity index (χ0n) is 5.40. The number of aliphatic hydroxyl groups excluding tert-OH is 1. The predicted molar refractivity (Wildman–Crippen MR) is 32.6 cm³/mol. The summed E-state index contributed by atoms with van der Waals surface area (Å²) >= 11 is 0. The third-order valence-electron chi connectivity index (χ3n) is 0.703. The van der Waals surface area contributed by atoms with Gasteiger partial charge >= 0.3 is 16.1 Å². The molecule has 0 rings (SSSR count). The Hall–Kier alpha value is -0.620. The Morgan fingerprint density at radius 3 is 2.40 bits per heavy atom. The molecule has 0 atom stereocenters. The summed E-state index contributed by atoms with van der Waals surface area (Å²) in [6.45, 7) is 0.416. The summed E-state index contributed by atoms with van der Waals surface area (Å²) in [7, 11) is -3.74. The Bertz CT molecular complexity index is 204. The van der Waals surface area contributed by atoms with Crippen LogP contribution < -0.4 is 0 Å². The van der Waals surface area contributed by atoms with Crippen molar-refractivity contribution >= 4 is 16.1 Å². The van der Waals surface area contributed by atoms with Crippen LogP contribution in [0.1, 0.15) is 6.92 Å². The molecule has 5 nitrogen and oxygen atoms in total. The van der Waals surface area contributed by atoms with Crippen LogP contribution >= 0.6 is 0 Å². The highest BCUT2D eigenvalue weighted by Gasteiger charge is 2.12. The summed E-state index contributed by atoms with van der Waals surface area (Å²) < 4.78 is 24.6. The first-order chi connectivity index (χ1) is 4.52. The second kappa shape index (κ2) is 3.52. The van der Waals surface area contributed by atoms with E-state index in [0.29, 0.717) is 0 Å². The average molecular weight is 168 g/mol. The van der Waals surface area contributed by atoms with Crippen molar-refractivity contribution in [1.29, 1.82) is 0 Å². The van der Waals surface area contributed by atoms with Gasteiger partial charge in [-0.1, -0.05) is 0 Å². The largest absolute Gasteiger partial charge is 0.385 e. The van der Waals surface area contributed by atoms with Gasteiger partial charge in [0.25, 0.3) is 0 Å². The molecular weight excluding hydrogens is 160 g/mol. The first kappa shape index (κ1) is 9.38. The molecule has 1 N–H and O–H groups in total. The van der Waals surface area contributed by atoms with Crippen molar-refractivity contribution in [3.05, 3.63) is 0 Å². The van der Waals surface area contributed by atoms with Crippen molar-refractivity contribution in [2.75, 3.05) is 12.4 Å². The van der Waals surface area contributed by atoms with Crippen LogP contribution in [-0.4, -0.2) is 31.9 Å². The molecule has 10 heavy (non-hydrogen) atoms. The van der Waals surface area contributed by atoms with E-state index < -0.39 is 22.7 Å². The van der Waals surface area contributed by atoms with Crippen LogP contribution in [-0.2, 0) is 19.1 Å². The Kier molecular flexibility index (Phi) is 3.31. The third-order valence-corrected chi connectivity index (χ3v) is 1.85. The number of aliphatic hydroxyl groups is 1. The fourth-order valence-corrected chi connectivity index (χ4v) is 0.681. The maximum atomic E-state index is 10.4. The van der Waals surface area contributed by atoms with Gasteiger partial charge in [-0.25, -0.2) is 4.79 Å². The molecule has 0 saturated heterocycles. The second-order valence-corrected chi connectivity index (χ2v) is 3.32. The highest BCUT2D eigenvalue weighted by molar-refractivity contribution is 7.87. The smallest absolute Gasteiger partial charge is 0.347 e. The van der Waals surface area contributed by atoms with Crippen molar-refractivity contribution in [1.82, 2.24) is 0 Å². The molecular formula is C4H8O5S. The number of hydrogen-bond donors (Lipinski definition) is 1. The molecule has 0 fully saturated rings. The molecule has 0 saturated carbocycles. The molecule has 0 aromatic heterocycles. The van der Waals surface area contributed by atoms with Gasteiger partial charge in [0.05, 0.1) is 5.75 Å². The topological polar surface area (TPSA) is 80.7 Å². The lowest BCUT2D eigenvalue weighted by molar-refractivity contribution is -0.136. The van der Waals surface area contributed by atoms with E-state index in [1.54, 1.807) is 0 Å². The summed E-state index contributed by atoms with van der Waals surface area (Å²) in [6.07, 6.45) is 0. The lowest BCUT2D eigenvalue weighted by atomic mass is 10.8. The van der Waals surface area contributed by atoms with Crippen molar-refractivity contribution in [3.63, 3.8) is 0 Å². The van der Waals surface area contributed by atoms with E-state index in [0.717, 1.165) is 0 Å². The summed E-state index contributed by atoms with van der Waals surface area (Å²) in [6, 6.07) is 0. The van der Waals surface area contributed by atoms with Crippen LogP contribution in [0.2, 0.25) is 0 Å². The van der Waals surface area contributed by atoms with Crippen LogP contribution in [0.15, 0.2) is 0 Å². The minimum Gasteiger partial charge on any atom is -0.385 e. The van der Waals surface area contributed by atoms with Gasteiger partial charge in [0.15, 0.2) is 0 Å². The summed E-state index contributed by atoms with van der Waals surface area (Å²) in [5.74, 6) is -1.43. The number of carbonyl (C=O) groups is 1. The lowest BCUT2D eigenvalue weighted by Crippen LogP contribution is -2.17. The van der Waals surface area contributed by atoms with E-state index in [-0.39, 0.29) is 5.75 Å². The van der Waals surface area contributed by atoms with Crippen LogP contribution in [0.25, 0.3) is 0 Å². The van der Waals surface area contributed by atoms with E-state index in [2.05, 4.69) is 4.18 Å². The molecule has 0 aromatic carbocycles. The number of rotatable bonds is 3. The maximum Gasteiger partial charge on any atom is 0.347 e. The van der Waals surface area contributed by atoms with Crippen molar-refractivity contribution in [2.24, 2.45) is 0 Å². The summed E-state index contributed by atoms with van der Waals surface area (Å²) in [5.41, 5.74) is 0. The molecule has 6 heteroatoms. The molecule has 0 aliphatic carbocycles. The third kappa shape index (κ3) is 3.41. The van der Waals surface area contributed by atoms with E-state index in [4.69, 9.17) is 5.11 Å². The number of hydrogen-bond acceptors (Lipinski definition) is 5. The Labute approximate surface area is 58.7 Å². The average Bonchev–Trinajstić information content (AvgIpc) is 1.87. The first-order valence-electron chi connectivity index (χ1n) is 2.57. The van der Waals surface area contributed by atoms with Crippen molar-refractivity contribution in [3.8, 4) is 0 Å². The van der Waals surface area contributed by atoms with Crippen molar-refractivity contribution in [2.45, 2.75) is 6.92 Å². The van der Waals surface area contributed by atoms with Gasteiger partial charge in [0.1, 0.15) is 6.61 Å². The zero-order valence-corrected chi connectivity index (χ0v) is 6.22. The molecule has 0 aliphatic rings. The fraction of sp³-hybridized carbons (Fsp3) is 0.750. The highest BCUT2D eigenvalue weighted by Crippen LogP contribution is 1.91. The van der Waals surface area contributed by atoms with Gasteiger partial charge in [-0.05, 0) is 6.92 Å². The fourth-order valence-electron chi connectivity index (χ4n) is 0.227. The minimum atomic E-state index is -3.74. The normalized spacial score (nSPS) is 11.0. The molecule has 0 spiro atoms. The van der Waals surface area contributed by atoms with Crippen molar-refractivity contribution < 1.29 is 22.5 Å². The van der Waals surface area contributed by atoms with Crippen LogP contribution in [0.4, 0.5) is 0 Å². The Balaban J connectivity index is 4.03. The molecule has 0 radical (unpaired) electrons. The molecule has 0 bridgehead atoms. The van der Waals surface area contributed by atoms with Gasteiger partial charge in [0, 0.05) is 0 Å². The van der Waals surface area contributed by atoms with Crippen LogP contribution in [0, 0.1) is 0 Å². The SMILES string of the molecule is CCS(=O)(=O)OC(=O)CO. The quantitative estimate of drug-likeness (QED) is 0.539. The Morgan fingerprint density at radius 2 is 2.10 bits per heavy atom. The maximum absolute atomic E-state index is 10.4. The zero-order chi connectivity index (χ0) is 8.20. The lowest BCUT2D eigenvalue weighted by Gasteiger charge is -1.98. The number of carbonyl (C=O) groups excluding carboxylic acids is 1. The van der Waals surface area contributed by atoms with E-state index >= 15 is 0 Å². The highest BCUT2D eigenvalue weighted by atomic mass is 32.2. The van der Waals surface area contributed by atoms with E-state index in [1.807, 2.05) is 0 Å². The predicted octanol–water partition coefficient (Wildman–Crippen LogP) is -1.13. The minimum absolute atomic E-state index is 0.279. The van der Waals surface area contributed by atoms with Gasteiger partial charge in [-0.3, -0.25) is 0 Å². The monoisotopic (exact) mass is 168 g/mol. The van der Waals surface area contributed by atoms with Crippen LogP contribution in [0.5, 0.6) is 0 Å². The van der Waals surface area contributed by atoms with E-state index in [9.17, 15) is 13.2 Å². The molecule has 60 valence electrons. The standard InChI is InChI=1S/C4H8O5S/c1-2-10(7,8)9-4(6)3-5/h5H,2-3H2,1H3. The molecule has 0 unspecified atom stereocenters. The van der Waals surface area contributed by atoms with Gasteiger partial charge in [-0.15, -0.1) is 0 Å². The second-order valence-electron chi connectivity index (χ2n) is 1.46. The Morgan fingerprint density at radius 1 is 1.60 bits per heavy atom. The molecule has 0 amide bonds. The van der Waals surface area contributed by atoms with Gasteiger partial charge in [-0.2, -0.15) is 8.42 Å². The molecule has 0 aromatic rings. The summed E-state index contributed by atoms with van der Waals surface area (Å²) in [4.78, 5) is 10.1. The van der Waals surface area contributed by atoms with Gasteiger partial charge < -0.3 is 9.29 Å². The van der Waals surface area contributed by atoms with Crippen LogP contribution in [0.3, 0.4) is 0 Å². The molecule has 0 heterocycles. The summed E-state index contributed by atoms with van der Waals surface area (Å²) in [5, 5.41) is 8.05. The van der Waals surface area contributed by atoms with Gasteiger partial charge in [0.2, 0.25) is 0 Å².